The number of likely N-dealkylation sites (tertiary alicyclic amines) is 1. The predicted molar refractivity (Wildman–Crippen MR) is 90.2 cm³/mol. The molecule has 0 aromatic carbocycles. The molecule has 0 radical (unpaired) electrons. The Kier molecular flexibility index (Phi) is 6.61. The summed E-state index contributed by atoms with van der Waals surface area (Å²) in [5.41, 5.74) is -0.0844. The Morgan fingerprint density at radius 2 is 1.73 bits per heavy atom. The van der Waals surface area contributed by atoms with Crippen LogP contribution in [-0.2, 0) is 14.8 Å². The van der Waals surface area contributed by atoms with Gasteiger partial charge in [-0.25, -0.2) is 13.2 Å². The SMILES string of the molecule is CS(=O)(=O)N1CCCCC12CCCN(CC1CC1)C2.O=C(O)C(F)(F)F. The minimum atomic E-state index is -5.08. The molecule has 1 spiro atoms. The van der Waals surface area contributed by atoms with Crippen molar-refractivity contribution < 1.29 is 31.5 Å². The Morgan fingerprint density at radius 1 is 1.15 bits per heavy atom. The van der Waals surface area contributed by atoms with Crippen molar-refractivity contribution >= 4 is 16.0 Å². The summed E-state index contributed by atoms with van der Waals surface area (Å²) in [7, 11) is -3.06. The molecule has 2 saturated heterocycles. The van der Waals surface area contributed by atoms with Crippen LogP contribution in [0.15, 0.2) is 0 Å². The molecule has 3 rings (SSSR count). The van der Waals surface area contributed by atoms with E-state index >= 15 is 0 Å². The van der Waals surface area contributed by atoms with Crippen molar-refractivity contribution in [3.05, 3.63) is 0 Å². The molecule has 1 aliphatic carbocycles. The minimum absolute atomic E-state index is 0.0844. The molecule has 1 N–H and O–H groups in total. The average Bonchev–Trinajstić information content (AvgIpc) is 3.30. The maximum atomic E-state index is 12.1. The van der Waals surface area contributed by atoms with Crippen molar-refractivity contribution in [1.82, 2.24) is 9.21 Å². The maximum absolute atomic E-state index is 12.1. The van der Waals surface area contributed by atoms with E-state index in [2.05, 4.69) is 4.90 Å². The zero-order valence-corrected chi connectivity index (χ0v) is 15.8. The number of hydrogen-bond donors (Lipinski definition) is 1. The van der Waals surface area contributed by atoms with Gasteiger partial charge in [0.25, 0.3) is 0 Å². The third-order valence-electron chi connectivity index (χ3n) is 5.27. The third kappa shape index (κ3) is 5.82. The van der Waals surface area contributed by atoms with E-state index in [1.807, 2.05) is 4.31 Å². The molecule has 3 fully saturated rings. The van der Waals surface area contributed by atoms with Crippen molar-refractivity contribution in [1.29, 1.82) is 0 Å². The van der Waals surface area contributed by atoms with Gasteiger partial charge in [-0.15, -0.1) is 0 Å². The molecule has 26 heavy (non-hydrogen) atoms. The molecule has 152 valence electrons. The smallest absolute Gasteiger partial charge is 0.475 e. The first kappa shape index (κ1) is 21.4. The molecule has 0 aromatic rings. The number of hydrogen-bond acceptors (Lipinski definition) is 4. The first-order valence-corrected chi connectivity index (χ1v) is 10.8. The second-order valence-corrected chi connectivity index (χ2v) is 9.51. The van der Waals surface area contributed by atoms with Crippen LogP contribution in [0.3, 0.4) is 0 Å². The van der Waals surface area contributed by atoms with Crippen LogP contribution in [0.2, 0.25) is 0 Å². The fourth-order valence-corrected chi connectivity index (χ4v) is 5.43. The number of carboxylic acids is 1. The Balaban J connectivity index is 0.000000298. The molecule has 2 aliphatic heterocycles. The molecular weight excluding hydrogens is 373 g/mol. The topological polar surface area (TPSA) is 77.9 Å². The fourth-order valence-electron chi connectivity index (χ4n) is 4.02. The molecule has 10 heteroatoms. The van der Waals surface area contributed by atoms with Gasteiger partial charge in [0, 0.05) is 25.2 Å². The van der Waals surface area contributed by atoms with Gasteiger partial charge in [0.15, 0.2) is 0 Å². The van der Waals surface area contributed by atoms with Crippen LogP contribution >= 0.6 is 0 Å². The lowest BCUT2D eigenvalue weighted by Crippen LogP contribution is -2.62. The minimum Gasteiger partial charge on any atom is -0.475 e. The van der Waals surface area contributed by atoms with Crippen molar-refractivity contribution in [2.45, 2.75) is 56.7 Å². The quantitative estimate of drug-likeness (QED) is 0.787. The Labute approximate surface area is 152 Å². The van der Waals surface area contributed by atoms with E-state index < -0.39 is 22.2 Å². The molecule has 1 saturated carbocycles. The second kappa shape index (κ2) is 8.02. The largest absolute Gasteiger partial charge is 0.490 e. The second-order valence-electron chi connectivity index (χ2n) is 7.60. The van der Waals surface area contributed by atoms with Crippen LogP contribution in [-0.4, -0.2) is 72.8 Å². The number of carboxylic acid groups (broad SMARTS) is 1. The molecular formula is C16H27F3N2O4S. The molecule has 2 heterocycles. The average molecular weight is 400 g/mol. The lowest BCUT2D eigenvalue weighted by molar-refractivity contribution is -0.192. The zero-order chi connectivity index (χ0) is 19.6. The Hall–Kier alpha value is -0.870. The molecule has 0 bridgehead atoms. The highest BCUT2D eigenvalue weighted by Gasteiger charge is 2.46. The fraction of sp³-hybridized carbons (Fsp3) is 0.938. The molecule has 0 amide bonds. The molecule has 3 aliphatic rings. The Bertz CT molecular complexity index is 603. The highest BCUT2D eigenvalue weighted by atomic mass is 32.2. The Morgan fingerprint density at radius 3 is 2.23 bits per heavy atom. The summed E-state index contributed by atoms with van der Waals surface area (Å²) in [5.74, 6) is -1.86. The summed E-state index contributed by atoms with van der Waals surface area (Å²) in [5, 5.41) is 7.12. The van der Waals surface area contributed by atoms with E-state index in [1.54, 1.807) is 0 Å². The number of alkyl halides is 3. The normalized spacial score (nSPS) is 28.5. The molecule has 1 atom stereocenters. The third-order valence-corrected chi connectivity index (χ3v) is 6.64. The van der Waals surface area contributed by atoms with Gasteiger partial charge in [0.1, 0.15) is 0 Å². The van der Waals surface area contributed by atoms with Gasteiger partial charge in [-0.1, -0.05) is 6.42 Å². The van der Waals surface area contributed by atoms with Crippen molar-refractivity contribution in [3.8, 4) is 0 Å². The van der Waals surface area contributed by atoms with Gasteiger partial charge in [-0.2, -0.15) is 17.5 Å². The number of aliphatic carboxylic acids is 1. The predicted octanol–water partition coefficient (Wildman–Crippen LogP) is 2.31. The van der Waals surface area contributed by atoms with E-state index in [9.17, 15) is 21.6 Å². The number of halogens is 3. The summed E-state index contributed by atoms with van der Waals surface area (Å²) in [4.78, 5) is 11.4. The maximum Gasteiger partial charge on any atom is 0.490 e. The molecule has 1 unspecified atom stereocenters. The standard InChI is InChI=1S/C14H26N2O2S.C2HF3O2/c1-19(17,18)16-10-3-2-7-14(16)8-4-9-15(12-14)11-13-5-6-13;3-2(4,5)1(6)7/h13H,2-12H2,1H3;(H,6,7). The highest BCUT2D eigenvalue weighted by Crippen LogP contribution is 2.39. The van der Waals surface area contributed by atoms with Crippen molar-refractivity contribution in [2.75, 3.05) is 32.4 Å². The number of rotatable bonds is 3. The van der Waals surface area contributed by atoms with Crippen LogP contribution < -0.4 is 0 Å². The summed E-state index contributed by atoms with van der Waals surface area (Å²) < 4.78 is 57.8. The highest BCUT2D eigenvalue weighted by molar-refractivity contribution is 7.88. The van der Waals surface area contributed by atoms with Crippen LogP contribution in [0, 0.1) is 5.92 Å². The lowest BCUT2D eigenvalue weighted by atomic mass is 9.81. The van der Waals surface area contributed by atoms with E-state index in [0.717, 1.165) is 51.2 Å². The van der Waals surface area contributed by atoms with Gasteiger partial charge < -0.3 is 10.0 Å². The lowest BCUT2D eigenvalue weighted by Gasteiger charge is -2.51. The van der Waals surface area contributed by atoms with Gasteiger partial charge in [0.05, 0.1) is 6.26 Å². The first-order chi connectivity index (χ1) is 11.9. The monoisotopic (exact) mass is 400 g/mol. The number of carbonyl (C=O) groups is 1. The zero-order valence-electron chi connectivity index (χ0n) is 15.0. The van der Waals surface area contributed by atoms with E-state index in [1.165, 1.54) is 32.1 Å². The van der Waals surface area contributed by atoms with Crippen LogP contribution in [0.5, 0.6) is 0 Å². The molecule has 0 aromatic heterocycles. The summed E-state index contributed by atoms with van der Waals surface area (Å²) >= 11 is 0. The van der Waals surface area contributed by atoms with E-state index in [-0.39, 0.29) is 5.54 Å². The summed E-state index contributed by atoms with van der Waals surface area (Å²) in [6.07, 6.45) is 4.53. The first-order valence-electron chi connectivity index (χ1n) is 8.94. The van der Waals surface area contributed by atoms with Gasteiger partial charge in [0.2, 0.25) is 10.0 Å². The van der Waals surface area contributed by atoms with E-state index in [4.69, 9.17) is 9.90 Å². The number of nitrogens with zero attached hydrogens (tertiary/aromatic N) is 2. The van der Waals surface area contributed by atoms with Gasteiger partial charge >= 0.3 is 12.1 Å². The van der Waals surface area contributed by atoms with Crippen molar-refractivity contribution in [2.24, 2.45) is 5.92 Å². The van der Waals surface area contributed by atoms with Gasteiger partial charge in [-0.3, -0.25) is 0 Å². The van der Waals surface area contributed by atoms with Crippen molar-refractivity contribution in [3.63, 3.8) is 0 Å². The van der Waals surface area contributed by atoms with Gasteiger partial charge in [-0.05, 0) is 51.0 Å². The summed E-state index contributed by atoms with van der Waals surface area (Å²) in [6.45, 7) is 4.06. The summed E-state index contributed by atoms with van der Waals surface area (Å²) in [6, 6.07) is 0. The number of piperidine rings is 2. The molecule has 6 nitrogen and oxygen atoms in total. The van der Waals surface area contributed by atoms with Crippen LogP contribution in [0.1, 0.15) is 44.9 Å². The van der Waals surface area contributed by atoms with E-state index in [0.29, 0.717) is 0 Å². The van der Waals surface area contributed by atoms with Crippen LogP contribution in [0.4, 0.5) is 13.2 Å². The van der Waals surface area contributed by atoms with Crippen LogP contribution in [0.25, 0.3) is 0 Å². The number of sulfonamides is 1.